The van der Waals surface area contributed by atoms with Crippen molar-refractivity contribution < 1.29 is 18.7 Å². The Bertz CT molecular complexity index is 720. The van der Waals surface area contributed by atoms with E-state index in [2.05, 4.69) is 4.98 Å². The van der Waals surface area contributed by atoms with Crippen LogP contribution in [-0.2, 0) is 16.1 Å². The van der Waals surface area contributed by atoms with Crippen molar-refractivity contribution in [2.24, 2.45) is 0 Å². The summed E-state index contributed by atoms with van der Waals surface area (Å²) in [5, 5.41) is 0. The SMILES string of the molecule is CC(Oc1cccc(F)c1)C(=O)N(Cc1cccnc1)CC1CCCO1. The lowest BCUT2D eigenvalue weighted by atomic mass is 10.2. The number of nitrogens with zero attached hydrogens (tertiary/aromatic N) is 2. The number of benzene rings is 1. The fraction of sp³-hybridized carbons (Fsp3) is 0.400. The van der Waals surface area contributed by atoms with Gasteiger partial charge in [-0.05, 0) is 43.5 Å². The Morgan fingerprint density at radius 3 is 3.00 bits per heavy atom. The number of hydrogen-bond donors (Lipinski definition) is 0. The van der Waals surface area contributed by atoms with Crippen molar-refractivity contribution in [3.05, 3.63) is 60.2 Å². The molecule has 2 atom stereocenters. The van der Waals surface area contributed by atoms with Gasteiger partial charge in [-0.15, -0.1) is 0 Å². The minimum Gasteiger partial charge on any atom is -0.481 e. The van der Waals surface area contributed by atoms with Crippen molar-refractivity contribution in [2.75, 3.05) is 13.2 Å². The maximum atomic E-state index is 13.3. The number of carbonyl (C=O) groups is 1. The summed E-state index contributed by atoms with van der Waals surface area (Å²) in [7, 11) is 0. The van der Waals surface area contributed by atoms with Crippen LogP contribution in [0.2, 0.25) is 0 Å². The van der Waals surface area contributed by atoms with Gasteiger partial charge in [0.1, 0.15) is 11.6 Å². The fourth-order valence-electron chi connectivity index (χ4n) is 3.03. The van der Waals surface area contributed by atoms with Crippen molar-refractivity contribution in [1.29, 1.82) is 0 Å². The molecule has 0 N–H and O–H groups in total. The van der Waals surface area contributed by atoms with E-state index in [9.17, 15) is 9.18 Å². The van der Waals surface area contributed by atoms with Gasteiger partial charge in [0.2, 0.25) is 0 Å². The van der Waals surface area contributed by atoms with Gasteiger partial charge in [-0.25, -0.2) is 4.39 Å². The first-order valence-corrected chi connectivity index (χ1v) is 8.83. The van der Waals surface area contributed by atoms with E-state index in [0.717, 1.165) is 25.0 Å². The monoisotopic (exact) mass is 358 g/mol. The molecule has 1 aliphatic heterocycles. The molecule has 5 nitrogen and oxygen atoms in total. The molecule has 1 saturated heterocycles. The Balaban J connectivity index is 1.69. The van der Waals surface area contributed by atoms with Crippen molar-refractivity contribution >= 4 is 5.91 Å². The molecule has 2 unspecified atom stereocenters. The van der Waals surface area contributed by atoms with Gasteiger partial charge in [-0.2, -0.15) is 0 Å². The van der Waals surface area contributed by atoms with Crippen molar-refractivity contribution in [3.63, 3.8) is 0 Å². The van der Waals surface area contributed by atoms with Crippen LogP contribution in [0.4, 0.5) is 4.39 Å². The first-order valence-electron chi connectivity index (χ1n) is 8.83. The van der Waals surface area contributed by atoms with Gasteiger partial charge in [0.15, 0.2) is 6.10 Å². The maximum Gasteiger partial charge on any atom is 0.263 e. The van der Waals surface area contributed by atoms with E-state index in [-0.39, 0.29) is 12.0 Å². The molecule has 138 valence electrons. The molecular formula is C20H23FN2O3. The summed E-state index contributed by atoms with van der Waals surface area (Å²) in [5.41, 5.74) is 0.941. The van der Waals surface area contributed by atoms with Crippen LogP contribution < -0.4 is 4.74 Å². The summed E-state index contributed by atoms with van der Waals surface area (Å²) in [6, 6.07) is 9.58. The second-order valence-electron chi connectivity index (χ2n) is 6.43. The summed E-state index contributed by atoms with van der Waals surface area (Å²) in [5.74, 6) is -0.216. The van der Waals surface area contributed by atoms with E-state index < -0.39 is 11.9 Å². The number of halogens is 1. The smallest absolute Gasteiger partial charge is 0.263 e. The van der Waals surface area contributed by atoms with Crippen LogP contribution in [0.1, 0.15) is 25.3 Å². The van der Waals surface area contributed by atoms with Gasteiger partial charge >= 0.3 is 0 Å². The number of amides is 1. The lowest BCUT2D eigenvalue weighted by Gasteiger charge is -2.28. The number of aromatic nitrogens is 1. The topological polar surface area (TPSA) is 51.7 Å². The predicted octanol–water partition coefficient (Wildman–Crippen LogP) is 3.20. The van der Waals surface area contributed by atoms with Crippen LogP contribution in [0.15, 0.2) is 48.8 Å². The molecule has 6 heteroatoms. The molecule has 26 heavy (non-hydrogen) atoms. The standard InChI is InChI=1S/C20H23FN2O3/c1-15(26-18-7-2-6-17(21)11-18)20(24)23(14-19-8-4-10-25-19)13-16-5-3-9-22-12-16/h2-3,5-7,9,11-12,15,19H,4,8,10,13-14H2,1H3. The summed E-state index contributed by atoms with van der Waals surface area (Å²) < 4.78 is 24.7. The number of rotatable bonds is 7. The molecular weight excluding hydrogens is 335 g/mol. The molecule has 0 saturated carbocycles. The molecule has 1 aromatic heterocycles. The second kappa shape index (κ2) is 8.76. The summed E-state index contributed by atoms with van der Waals surface area (Å²) in [6.45, 7) is 3.35. The van der Waals surface area contributed by atoms with Crippen LogP contribution in [0.3, 0.4) is 0 Å². The highest BCUT2D eigenvalue weighted by molar-refractivity contribution is 5.81. The third-order valence-corrected chi connectivity index (χ3v) is 4.31. The van der Waals surface area contributed by atoms with Gasteiger partial charge in [-0.1, -0.05) is 12.1 Å². The highest BCUT2D eigenvalue weighted by Crippen LogP contribution is 2.18. The highest BCUT2D eigenvalue weighted by Gasteiger charge is 2.27. The van der Waals surface area contributed by atoms with E-state index in [4.69, 9.17) is 9.47 Å². The number of ether oxygens (including phenoxy) is 2. The Morgan fingerprint density at radius 1 is 1.42 bits per heavy atom. The molecule has 1 fully saturated rings. The third kappa shape index (κ3) is 5.02. The van der Waals surface area contributed by atoms with Gasteiger partial charge in [0.05, 0.1) is 6.10 Å². The Kier molecular flexibility index (Phi) is 6.17. The van der Waals surface area contributed by atoms with E-state index >= 15 is 0 Å². The van der Waals surface area contributed by atoms with Crippen molar-refractivity contribution in [1.82, 2.24) is 9.88 Å². The van der Waals surface area contributed by atoms with Crippen LogP contribution in [0.25, 0.3) is 0 Å². The Morgan fingerprint density at radius 2 is 2.31 bits per heavy atom. The molecule has 0 radical (unpaired) electrons. The average Bonchev–Trinajstić information content (AvgIpc) is 3.14. The molecule has 1 amide bonds. The fourth-order valence-corrected chi connectivity index (χ4v) is 3.03. The summed E-state index contributed by atoms with van der Waals surface area (Å²) in [4.78, 5) is 18.8. The van der Waals surface area contributed by atoms with E-state index in [1.807, 2.05) is 12.1 Å². The van der Waals surface area contributed by atoms with E-state index in [0.29, 0.717) is 18.8 Å². The average molecular weight is 358 g/mol. The van der Waals surface area contributed by atoms with Gasteiger partial charge < -0.3 is 14.4 Å². The zero-order chi connectivity index (χ0) is 18.4. The number of hydrogen-bond acceptors (Lipinski definition) is 4. The Labute approximate surface area is 152 Å². The van der Waals surface area contributed by atoms with Gasteiger partial charge in [-0.3, -0.25) is 9.78 Å². The second-order valence-corrected chi connectivity index (χ2v) is 6.43. The lowest BCUT2D eigenvalue weighted by molar-refractivity contribution is -0.140. The zero-order valence-electron chi connectivity index (χ0n) is 14.8. The van der Waals surface area contributed by atoms with Crippen LogP contribution in [0.5, 0.6) is 5.75 Å². The summed E-state index contributed by atoms with van der Waals surface area (Å²) in [6.07, 6.45) is 4.70. The molecule has 2 heterocycles. The number of carbonyl (C=O) groups excluding carboxylic acids is 1. The van der Waals surface area contributed by atoms with Crippen molar-refractivity contribution in [3.8, 4) is 5.75 Å². The normalized spacial score (nSPS) is 17.7. The summed E-state index contributed by atoms with van der Waals surface area (Å²) >= 11 is 0. The molecule has 1 aliphatic rings. The first-order chi connectivity index (χ1) is 12.6. The molecule has 1 aromatic carbocycles. The minimum atomic E-state index is -0.727. The molecule has 0 bridgehead atoms. The predicted molar refractivity (Wildman–Crippen MR) is 95.1 cm³/mol. The largest absolute Gasteiger partial charge is 0.481 e. The Hall–Kier alpha value is -2.47. The van der Waals surface area contributed by atoms with Gasteiger partial charge in [0, 0.05) is 38.2 Å². The molecule has 0 spiro atoms. The minimum absolute atomic E-state index is 0.0389. The quantitative estimate of drug-likeness (QED) is 0.763. The highest BCUT2D eigenvalue weighted by atomic mass is 19.1. The molecule has 3 rings (SSSR count). The third-order valence-electron chi connectivity index (χ3n) is 4.31. The lowest BCUT2D eigenvalue weighted by Crippen LogP contribution is -2.43. The van der Waals surface area contributed by atoms with Crippen molar-refractivity contribution in [2.45, 2.75) is 38.5 Å². The number of pyridine rings is 1. The maximum absolute atomic E-state index is 13.3. The zero-order valence-corrected chi connectivity index (χ0v) is 14.8. The van der Waals surface area contributed by atoms with Crippen LogP contribution in [0, 0.1) is 5.82 Å². The van der Waals surface area contributed by atoms with Crippen LogP contribution >= 0.6 is 0 Å². The first kappa shape index (κ1) is 18.3. The van der Waals surface area contributed by atoms with E-state index in [1.165, 1.54) is 12.1 Å². The van der Waals surface area contributed by atoms with E-state index in [1.54, 1.807) is 36.4 Å². The molecule has 0 aliphatic carbocycles. The van der Waals surface area contributed by atoms with Gasteiger partial charge in [0.25, 0.3) is 5.91 Å². The van der Waals surface area contributed by atoms with Crippen LogP contribution in [-0.4, -0.2) is 41.2 Å². The molecule has 2 aromatic rings.